The lowest BCUT2D eigenvalue weighted by Gasteiger charge is -2.10. The number of thiophene rings is 1. The Labute approximate surface area is 207 Å². The second-order valence-corrected chi connectivity index (χ2v) is 8.99. The van der Waals surface area contributed by atoms with Crippen LogP contribution in [0.4, 0.5) is 5.82 Å². The molecule has 2 N–H and O–H groups in total. The molecule has 0 aliphatic heterocycles. The lowest BCUT2D eigenvalue weighted by molar-refractivity contribution is 0.102. The minimum absolute atomic E-state index is 0.159. The van der Waals surface area contributed by atoms with Gasteiger partial charge < -0.3 is 5.32 Å². The number of H-pyrrole nitrogens is 1. The largest absolute Gasteiger partial charge is 0.306 e. The van der Waals surface area contributed by atoms with Crippen molar-refractivity contribution in [1.82, 2.24) is 19.7 Å². The number of anilines is 1. The quantitative estimate of drug-likeness (QED) is 0.309. The summed E-state index contributed by atoms with van der Waals surface area (Å²) in [5.74, 6) is 0.0153. The van der Waals surface area contributed by atoms with Crippen LogP contribution in [0.25, 0.3) is 27.8 Å². The van der Waals surface area contributed by atoms with Gasteiger partial charge in [0.25, 0.3) is 11.5 Å². The Morgan fingerprint density at radius 3 is 2.53 bits per heavy atom. The van der Waals surface area contributed by atoms with E-state index in [-0.39, 0.29) is 22.1 Å². The van der Waals surface area contributed by atoms with E-state index in [2.05, 4.69) is 20.4 Å². The van der Waals surface area contributed by atoms with Crippen molar-refractivity contribution in [2.24, 2.45) is 0 Å². The zero-order chi connectivity index (χ0) is 23.7. The van der Waals surface area contributed by atoms with Crippen LogP contribution in [-0.4, -0.2) is 25.7 Å². The van der Waals surface area contributed by atoms with Gasteiger partial charge >= 0.3 is 0 Å². The van der Waals surface area contributed by atoms with E-state index in [9.17, 15) is 9.59 Å². The highest BCUT2D eigenvalue weighted by Crippen LogP contribution is 2.29. The number of aromatic amines is 1. The Morgan fingerprint density at radius 1 is 0.971 bits per heavy atom. The number of carbonyl (C=O) groups is 1. The monoisotopic (exact) mass is 507 g/mol. The summed E-state index contributed by atoms with van der Waals surface area (Å²) < 4.78 is 1.39. The van der Waals surface area contributed by atoms with Gasteiger partial charge in [0.15, 0.2) is 0 Å². The molecule has 5 aromatic rings. The zero-order valence-corrected chi connectivity index (χ0v) is 19.7. The lowest BCUT2D eigenvalue weighted by atomic mass is 10.1. The average molecular weight is 508 g/mol. The molecule has 34 heavy (non-hydrogen) atoms. The van der Waals surface area contributed by atoms with Crippen molar-refractivity contribution in [2.75, 3.05) is 5.32 Å². The minimum Gasteiger partial charge on any atom is -0.306 e. The van der Waals surface area contributed by atoms with E-state index in [0.717, 1.165) is 10.4 Å². The van der Waals surface area contributed by atoms with Crippen LogP contribution in [0.3, 0.4) is 0 Å². The smallest absolute Gasteiger partial charge is 0.258 e. The molecule has 0 aliphatic carbocycles. The predicted octanol–water partition coefficient (Wildman–Crippen LogP) is 5.91. The molecule has 5 rings (SSSR count). The van der Waals surface area contributed by atoms with Crippen LogP contribution in [0.1, 0.15) is 10.4 Å². The highest BCUT2D eigenvalue weighted by Gasteiger charge is 2.19. The van der Waals surface area contributed by atoms with Crippen molar-refractivity contribution in [3.05, 3.63) is 104 Å². The van der Waals surface area contributed by atoms with Gasteiger partial charge in [-0.15, -0.1) is 11.3 Å². The molecule has 0 atom stereocenters. The summed E-state index contributed by atoms with van der Waals surface area (Å²) in [6.07, 6.45) is 0. The van der Waals surface area contributed by atoms with Crippen LogP contribution in [-0.2, 0) is 0 Å². The Bertz CT molecular complexity index is 1550. The Kier molecular flexibility index (Phi) is 6.02. The fourth-order valence-electron chi connectivity index (χ4n) is 3.34. The number of aromatic nitrogens is 4. The van der Waals surface area contributed by atoms with Crippen LogP contribution in [0.5, 0.6) is 0 Å². The first kappa shape index (κ1) is 22.1. The topological polar surface area (TPSA) is 92.7 Å². The standard InChI is InChI=1S/C24H15Cl2N5O2S/c25-15-8-9-16(17(26)11-15)23(33)28-21-12-19(20-7-4-10-34-20)30-31(21)24-27-18(13-22(32)29-24)14-5-2-1-3-6-14/h1-13H,(H,28,33)(H,27,29,32). The molecule has 0 saturated carbocycles. The average Bonchev–Trinajstić information content (AvgIpc) is 3.49. The number of rotatable bonds is 5. The van der Waals surface area contributed by atoms with Gasteiger partial charge in [-0.2, -0.15) is 9.78 Å². The second-order valence-electron chi connectivity index (χ2n) is 7.20. The SMILES string of the molecule is O=C(Nc1cc(-c2cccs2)nn1-c1nc(-c2ccccc2)cc(=O)[nH]1)c1ccc(Cl)cc1Cl. The summed E-state index contributed by atoms with van der Waals surface area (Å²) >= 11 is 13.7. The number of nitrogens with zero attached hydrogens (tertiary/aromatic N) is 3. The molecule has 3 aromatic heterocycles. The molecule has 7 nitrogen and oxygen atoms in total. The van der Waals surface area contributed by atoms with Crippen LogP contribution in [0.2, 0.25) is 10.0 Å². The number of halogens is 2. The number of nitrogens with one attached hydrogen (secondary N) is 2. The fourth-order valence-corrected chi connectivity index (χ4v) is 4.51. The van der Waals surface area contributed by atoms with Gasteiger partial charge in [0.1, 0.15) is 11.5 Å². The molecular formula is C24H15Cl2N5O2S. The van der Waals surface area contributed by atoms with Gasteiger partial charge in [-0.1, -0.05) is 59.6 Å². The van der Waals surface area contributed by atoms with E-state index >= 15 is 0 Å². The molecule has 0 saturated heterocycles. The van der Waals surface area contributed by atoms with E-state index in [0.29, 0.717) is 22.2 Å². The van der Waals surface area contributed by atoms with Crippen molar-refractivity contribution in [3.63, 3.8) is 0 Å². The molecule has 10 heteroatoms. The van der Waals surface area contributed by atoms with E-state index in [1.165, 1.54) is 34.2 Å². The number of carbonyl (C=O) groups excluding carboxylic acids is 1. The molecule has 0 bridgehead atoms. The van der Waals surface area contributed by atoms with Crippen molar-refractivity contribution < 1.29 is 4.79 Å². The second kappa shape index (κ2) is 9.26. The summed E-state index contributed by atoms with van der Waals surface area (Å²) in [5, 5.41) is 10.00. The van der Waals surface area contributed by atoms with Gasteiger partial charge in [-0.05, 0) is 29.6 Å². The minimum atomic E-state index is -0.456. The van der Waals surface area contributed by atoms with E-state index in [4.69, 9.17) is 23.2 Å². The molecule has 0 aliphatic rings. The predicted molar refractivity (Wildman–Crippen MR) is 135 cm³/mol. The van der Waals surface area contributed by atoms with Gasteiger partial charge in [0.2, 0.25) is 5.95 Å². The first-order valence-electron chi connectivity index (χ1n) is 10.1. The van der Waals surface area contributed by atoms with E-state index in [1.54, 1.807) is 12.1 Å². The molecule has 168 valence electrons. The van der Waals surface area contributed by atoms with Crippen LogP contribution in [0.15, 0.2) is 83.0 Å². The van der Waals surface area contributed by atoms with Crippen molar-refractivity contribution in [1.29, 1.82) is 0 Å². The summed E-state index contributed by atoms with van der Waals surface area (Å²) in [7, 11) is 0. The number of hydrogen-bond acceptors (Lipinski definition) is 5. The van der Waals surface area contributed by atoms with Gasteiger partial charge in [0, 0.05) is 22.7 Å². The summed E-state index contributed by atoms with van der Waals surface area (Å²) in [5.41, 5.74) is 1.76. The Balaban J connectivity index is 1.60. The number of benzene rings is 2. The highest BCUT2D eigenvalue weighted by atomic mass is 35.5. The van der Waals surface area contributed by atoms with E-state index in [1.807, 2.05) is 47.8 Å². The number of hydrogen-bond donors (Lipinski definition) is 2. The molecule has 0 spiro atoms. The summed E-state index contributed by atoms with van der Waals surface area (Å²) in [6, 6.07) is 20.9. The maximum atomic E-state index is 13.0. The summed E-state index contributed by atoms with van der Waals surface area (Å²) in [6.45, 7) is 0. The van der Waals surface area contributed by atoms with Crippen LogP contribution in [0, 0.1) is 0 Å². The lowest BCUT2D eigenvalue weighted by Crippen LogP contribution is -2.19. The molecule has 0 unspecified atom stereocenters. The Hall–Kier alpha value is -3.72. The van der Waals surface area contributed by atoms with Crippen LogP contribution >= 0.6 is 34.5 Å². The van der Waals surface area contributed by atoms with Gasteiger partial charge in [-0.3, -0.25) is 14.6 Å². The normalized spacial score (nSPS) is 10.9. The third-order valence-corrected chi connectivity index (χ3v) is 6.34. The first-order valence-corrected chi connectivity index (χ1v) is 11.7. The maximum absolute atomic E-state index is 13.0. The maximum Gasteiger partial charge on any atom is 0.258 e. The van der Waals surface area contributed by atoms with Crippen molar-refractivity contribution >= 4 is 46.3 Å². The first-order chi connectivity index (χ1) is 16.5. The molecule has 1 amide bonds. The fraction of sp³-hybridized carbons (Fsp3) is 0. The van der Waals surface area contributed by atoms with Crippen molar-refractivity contribution in [3.8, 4) is 27.8 Å². The molecule has 2 aromatic carbocycles. The van der Waals surface area contributed by atoms with Crippen LogP contribution < -0.4 is 10.9 Å². The third-order valence-electron chi connectivity index (χ3n) is 4.90. The van der Waals surface area contributed by atoms with E-state index < -0.39 is 5.91 Å². The zero-order valence-electron chi connectivity index (χ0n) is 17.3. The molecule has 0 fully saturated rings. The molecule has 3 heterocycles. The molecule has 0 radical (unpaired) electrons. The van der Waals surface area contributed by atoms with Crippen molar-refractivity contribution in [2.45, 2.75) is 0 Å². The number of amides is 1. The highest BCUT2D eigenvalue weighted by molar-refractivity contribution is 7.13. The van der Waals surface area contributed by atoms with Gasteiger partial charge in [0.05, 0.1) is 21.2 Å². The third kappa shape index (κ3) is 4.51. The molecular weight excluding hydrogens is 493 g/mol. The Morgan fingerprint density at radius 2 is 1.79 bits per heavy atom. The van der Waals surface area contributed by atoms with Gasteiger partial charge in [-0.25, -0.2) is 4.98 Å². The summed E-state index contributed by atoms with van der Waals surface area (Å²) in [4.78, 5) is 33.7.